The molecule has 0 aliphatic carbocycles. The molecular weight excluding hydrogens is 347 g/mol. The van der Waals surface area contributed by atoms with Crippen LogP contribution in [0.5, 0.6) is 11.5 Å². The molecule has 0 aliphatic heterocycles. The smallest absolute Gasteiger partial charge is 0.416 e. The number of hydrogen-bond acceptors (Lipinski definition) is 4. The third-order valence-corrected chi connectivity index (χ3v) is 4.29. The molecule has 26 heavy (non-hydrogen) atoms. The fraction of sp³-hybridized carbons (Fsp3) is 0.368. The molecule has 2 aromatic carbocycles. The molecule has 0 amide bonds. The molecule has 0 saturated carbocycles. The second kappa shape index (κ2) is 7.97. The zero-order chi connectivity index (χ0) is 19.4. The average Bonchev–Trinajstić information content (AvgIpc) is 2.62. The third-order valence-electron chi connectivity index (χ3n) is 4.29. The van der Waals surface area contributed by atoms with Gasteiger partial charge in [0.2, 0.25) is 0 Å². The Morgan fingerprint density at radius 3 is 1.92 bits per heavy atom. The number of benzene rings is 2. The molecule has 0 aliphatic rings. The van der Waals surface area contributed by atoms with Crippen LogP contribution in [0.15, 0.2) is 48.5 Å². The fourth-order valence-corrected chi connectivity index (χ4v) is 2.78. The van der Waals surface area contributed by atoms with E-state index in [9.17, 15) is 13.2 Å². The summed E-state index contributed by atoms with van der Waals surface area (Å²) in [5.41, 5.74) is 4.47. The summed E-state index contributed by atoms with van der Waals surface area (Å²) >= 11 is 0. The Kier molecular flexibility index (Phi) is 6.15. The first-order valence-corrected chi connectivity index (χ1v) is 7.99. The second-order valence-corrected chi connectivity index (χ2v) is 5.90. The van der Waals surface area contributed by atoms with Gasteiger partial charge in [0, 0.05) is 13.7 Å². The molecule has 2 aromatic rings. The molecule has 0 heterocycles. The highest BCUT2D eigenvalue weighted by molar-refractivity contribution is 5.41. The van der Waals surface area contributed by atoms with Crippen LogP contribution >= 0.6 is 0 Å². The first kappa shape index (κ1) is 20.1. The van der Waals surface area contributed by atoms with Crippen molar-refractivity contribution in [3.8, 4) is 11.5 Å². The molecule has 0 spiro atoms. The number of hydrogen-bond donors (Lipinski definition) is 1. The van der Waals surface area contributed by atoms with Gasteiger partial charge in [-0.05, 0) is 36.8 Å². The minimum Gasteiger partial charge on any atom is -0.493 e. The molecule has 7 heteroatoms. The number of rotatable bonds is 7. The van der Waals surface area contributed by atoms with Crippen molar-refractivity contribution in [2.24, 2.45) is 5.73 Å². The van der Waals surface area contributed by atoms with Crippen molar-refractivity contribution in [2.45, 2.75) is 24.8 Å². The van der Waals surface area contributed by atoms with Crippen molar-refractivity contribution in [3.63, 3.8) is 0 Å². The first-order chi connectivity index (χ1) is 12.3. The lowest BCUT2D eigenvalue weighted by molar-refractivity contribution is -0.137. The topological polar surface area (TPSA) is 53.7 Å². The number of alkyl halides is 3. The molecule has 2 unspecified atom stereocenters. The Morgan fingerprint density at radius 2 is 1.46 bits per heavy atom. The van der Waals surface area contributed by atoms with Crippen LogP contribution in [-0.4, -0.2) is 26.9 Å². The van der Waals surface area contributed by atoms with Crippen LogP contribution in [0.2, 0.25) is 0 Å². The molecule has 2 atom stereocenters. The molecule has 2 N–H and O–H groups in total. The van der Waals surface area contributed by atoms with Crippen molar-refractivity contribution >= 4 is 0 Å². The van der Waals surface area contributed by atoms with E-state index >= 15 is 0 Å². The van der Waals surface area contributed by atoms with Crippen molar-refractivity contribution in [1.29, 1.82) is 0 Å². The molecule has 0 aromatic heterocycles. The van der Waals surface area contributed by atoms with E-state index in [1.807, 2.05) is 0 Å². The van der Waals surface area contributed by atoms with Crippen LogP contribution < -0.4 is 15.2 Å². The van der Waals surface area contributed by atoms with Gasteiger partial charge in [-0.25, -0.2) is 0 Å². The molecule has 0 radical (unpaired) electrons. The van der Waals surface area contributed by atoms with E-state index in [4.69, 9.17) is 19.9 Å². The maximum atomic E-state index is 12.9. The van der Waals surface area contributed by atoms with E-state index in [0.717, 1.165) is 12.1 Å². The number of ether oxygens (including phenoxy) is 3. The van der Waals surface area contributed by atoms with Gasteiger partial charge in [-0.2, -0.15) is 13.2 Å². The lowest BCUT2D eigenvalue weighted by Crippen LogP contribution is -2.47. The minimum absolute atomic E-state index is 0.114. The van der Waals surface area contributed by atoms with Gasteiger partial charge in [0.15, 0.2) is 17.1 Å². The van der Waals surface area contributed by atoms with Crippen molar-refractivity contribution < 1.29 is 27.4 Å². The van der Waals surface area contributed by atoms with Gasteiger partial charge in [-0.3, -0.25) is 0 Å². The van der Waals surface area contributed by atoms with Gasteiger partial charge in [0.1, 0.15) is 6.10 Å². The molecule has 0 saturated heterocycles. The van der Waals surface area contributed by atoms with Crippen LogP contribution in [0.1, 0.15) is 18.1 Å². The van der Waals surface area contributed by atoms with Gasteiger partial charge in [0.05, 0.1) is 12.7 Å². The summed E-state index contributed by atoms with van der Waals surface area (Å²) in [5.74, 6) is 0.936. The maximum Gasteiger partial charge on any atom is 0.416 e. The van der Waals surface area contributed by atoms with Gasteiger partial charge >= 0.3 is 6.18 Å². The van der Waals surface area contributed by atoms with Crippen molar-refractivity contribution in [2.75, 3.05) is 20.8 Å². The highest BCUT2D eigenvalue weighted by Crippen LogP contribution is 2.38. The van der Waals surface area contributed by atoms with Crippen LogP contribution in [0.3, 0.4) is 0 Å². The van der Waals surface area contributed by atoms with E-state index in [-0.39, 0.29) is 6.54 Å². The quantitative estimate of drug-likeness (QED) is 0.802. The maximum absolute atomic E-state index is 12.9. The Labute approximate surface area is 150 Å². The average molecular weight is 369 g/mol. The number of halogens is 3. The summed E-state index contributed by atoms with van der Waals surface area (Å²) in [6.45, 7) is 1.84. The minimum atomic E-state index is -4.41. The van der Waals surface area contributed by atoms with Crippen LogP contribution in [0.4, 0.5) is 13.2 Å². The molecular formula is C19H22F3NO3. The largest absolute Gasteiger partial charge is 0.493 e. The summed E-state index contributed by atoms with van der Waals surface area (Å²) in [6, 6.07) is 11.8. The van der Waals surface area contributed by atoms with Gasteiger partial charge in [-0.15, -0.1) is 0 Å². The van der Waals surface area contributed by atoms with Crippen molar-refractivity contribution in [1.82, 2.24) is 0 Å². The van der Waals surface area contributed by atoms with Gasteiger partial charge in [0.25, 0.3) is 0 Å². The van der Waals surface area contributed by atoms with Crippen LogP contribution in [0, 0.1) is 0 Å². The first-order valence-electron chi connectivity index (χ1n) is 7.99. The van der Waals surface area contributed by atoms with Crippen LogP contribution in [-0.2, 0) is 16.5 Å². The Bertz CT molecular complexity index is 715. The molecule has 0 fully saturated rings. The zero-order valence-corrected chi connectivity index (χ0v) is 14.8. The lowest BCUT2D eigenvalue weighted by Gasteiger charge is -2.37. The van der Waals surface area contributed by atoms with E-state index in [2.05, 4.69) is 0 Å². The highest BCUT2D eigenvalue weighted by Gasteiger charge is 2.40. The number of methoxy groups -OCH3 is 2. The van der Waals surface area contributed by atoms with Crippen molar-refractivity contribution in [3.05, 3.63) is 59.7 Å². The molecule has 4 nitrogen and oxygen atoms in total. The predicted molar refractivity (Wildman–Crippen MR) is 92.3 cm³/mol. The van der Waals surface area contributed by atoms with Crippen LogP contribution in [0.25, 0.3) is 0 Å². The molecule has 2 rings (SSSR count). The summed E-state index contributed by atoms with van der Waals surface area (Å²) in [7, 11) is 2.99. The standard InChI is InChI=1S/C19H22F3NO3/c1-18(17(12-23)25-3,26-16-7-5-4-6-15(16)24-2)13-8-10-14(11-9-13)19(20,21)22/h4-11,17H,12,23H2,1-3H3. The summed E-state index contributed by atoms with van der Waals surface area (Å²) < 4.78 is 55.5. The second-order valence-electron chi connectivity index (χ2n) is 5.90. The number of para-hydroxylation sites is 2. The summed E-state index contributed by atoms with van der Waals surface area (Å²) in [5, 5.41) is 0. The van der Waals surface area contributed by atoms with Gasteiger partial charge < -0.3 is 19.9 Å². The van der Waals surface area contributed by atoms with Gasteiger partial charge in [-0.1, -0.05) is 24.3 Å². The molecule has 142 valence electrons. The monoisotopic (exact) mass is 369 g/mol. The number of nitrogens with two attached hydrogens (primary N) is 1. The summed E-state index contributed by atoms with van der Waals surface area (Å²) in [4.78, 5) is 0. The Morgan fingerprint density at radius 1 is 0.923 bits per heavy atom. The predicted octanol–water partition coefficient (Wildman–Crippen LogP) is 3.98. The van der Waals surface area contributed by atoms with E-state index in [1.54, 1.807) is 31.2 Å². The van der Waals surface area contributed by atoms with E-state index in [0.29, 0.717) is 17.1 Å². The normalized spacial score (nSPS) is 15.2. The Hall–Kier alpha value is -2.25. The third kappa shape index (κ3) is 4.11. The summed E-state index contributed by atoms with van der Waals surface area (Å²) in [6.07, 6.45) is -5.00. The van der Waals surface area contributed by atoms with E-state index < -0.39 is 23.4 Å². The Balaban J connectivity index is 2.48. The zero-order valence-electron chi connectivity index (χ0n) is 14.8. The SMILES string of the molecule is COc1ccccc1OC(C)(c1ccc(C(F)(F)F)cc1)C(CN)OC. The van der Waals surface area contributed by atoms with E-state index in [1.165, 1.54) is 26.4 Å². The molecule has 0 bridgehead atoms. The lowest BCUT2D eigenvalue weighted by atomic mass is 9.88. The highest BCUT2D eigenvalue weighted by atomic mass is 19.4. The fourth-order valence-electron chi connectivity index (χ4n) is 2.78.